The standard InChI is InChI=1S/C16H18ClNO/c1-11(13-7-9-14(17)10-8-13)18-12(2)15-5-3-4-6-16(15)19/h3-12,18-19H,1-2H3/t11-,12?/m1/s1. The second kappa shape index (κ2) is 6.09. The summed E-state index contributed by atoms with van der Waals surface area (Å²) in [4.78, 5) is 0. The first-order valence-corrected chi connectivity index (χ1v) is 6.75. The number of hydrogen-bond donors (Lipinski definition) is 2. The second-order valence-electron chi connectivity index (χ2n) is 4.72. The maximum absolute atomic E-state index is 9.84. The molecule has 2 rings (SSSR count). The van der Waals surface area contributed by atoms with E-state index in [0.29, 0.717) is 5.75 Å². The van der Waals surface area contributed by atoms with Crippen LogP contribution in [0.1, 0.15) is 37.1 Å². The Balaban J connectivity index is 2.08. The molecule has 0 spiro atoms. The van der Waals surface area contributed by atoms with Gasteiger partial charge in [0.15, 0.2) is 0 Å². The van der Waals surface area contributed by atoms with Crippen LogP contribution in [0.2, 0.25) is 5.02 Å². The van der Waals surface area contributed by atoms with Crippen molar-refractivity contribution in [2.75, 3.05) is 0 Å². The number of hydrogen-bond acceptors (Lipinski definition) is 2. The average molecular weight is 276 g/mol. The average Bonchev–Trinajstić information content (AvgIpc) is 2.39. The van der Waals surface area contributed by atoms with Crippen LogP contribution in [-0.2, 0) is 0 Å². The van der Waals surface area contributed by atoms with Gasteiger partial charge < -0.3 is 10.4 Å². The number of aromatic hydroxyl groups is 1. The molecule has 3 heteroatoms. The summed E-state index contributed by atoms with van der Waals surface area (Å²) in [7, 11) is 0. The van der Waals surface area contributed by atoms with E-state index in [1.54, 1.807) is 6.07 Å². The van der Waals surface area contributed by atoms with Gasteiger partial charge in [0, 0.05) is 22.7 Å². The van der Waals surface area contributed by atoms with E-state index in [1.165, 1.54) is 5.56 Å². The molecule has 2 atom stereocenters. The van der Waals surface area contributed by atoms with Crippen LogP contribution in [0.15, 0.2) is 48.5 Å². The minimum Gasteiger partial charge on any atom is -0.508 e. The molecular formula is C16H18ClNO. The molecule has 19 heavy (non-hydrogen) atoms. The van der Waals surface area contributed by atoms with Crippen LogP contribution >= 0.6 is 11.6 Å². The van der Waals surface area contributed by atoms with E-state index >= 15 is 0 Å². The normalized spacial score (nSPS) is 14.1. The minimum absolute atomic E-state index is 0.0758. The smallest absolute Gasteiger partial charge is 0.120 e. The highest BCUT2D eigenvalue weighted by Gasteiger charge is 2.13. The van der Waals surface area contributed by atoms with Crippen molar-refractivity contribution in [1.29, 1.82) is 0 Å². The molecule has 0 amide bonds. The highest BCUT2D eigenvalue weighted by molar-refractivity contribution is 6.30. The number of rotatable bonds is 4. The summed E-state index contributed by atoms with van der Waals surface area (Å²) in [5, 5.41) is 14.1. The lowest BCUT2D eigenvalue weighted by atomic mass is 10.0. The summed E-state index contributed by atoms with van der Waals surface area (Å²) in [6, 6.07) is 15.5. The quantitative estimate of drug-likeness (QED) is 0.864. The third-order valence-electron chi connectivity index (χ3n) is 3.27. The predicted octanol–water partition coefficient (Wildman–Crippen LogP) is 4.46. The van der Waals surface area contributed by atoms with Crippen molar-refractivity contribution >= 4 is 11.6 Å². The molecule has 0 heterocycles. The SMILES string of the molecule is CC(N[C@H](C)c1ccc(Cl)cc1)c1ccccc1O. The number of nitrogens with one attached hydrogen (secondary N) is 1. The van der Waals surface area contributed by atoms with E-state index in [9.17, 15) is 5.11 Å². The van der Waals surface area contributed by atoms with Crippen LogP contribution < -0.4 is 5.32 Å². The van der Waals surface area contributed by atoms with Crippen molar-refractivity contribution in [1.82, 2.24) is 5.32 Å². The Bertz CT molecular complexity index is 539. The van der Waals surface area contributed by atoms with Gasteiger partial charge in [0.2, 0.25) is 0 Å². The van der Waals surface area contributed by atoms with Gasteiger partial charge in [0.25, 0.3) is 0 Å². The predicted molar refractivity (Wildman–Crippen MR) is 79.5 cm³/mol. The monoisotopic (exact) mass is 275 g/mol. The van der Waals surface area contributed by atoms with Gasteiger partial charge in [0.1, 0.15) is 5.75 Å². The summed E-state index contributed by atoms with van der Waals surface area (Å²) in [6.45, 7) is 4.14. The summed E-state index contributed by atoms with van der Waals surface area (Å²) in [6.07, 6.45) is 0. The van der Waals surface area contributed by atoms with E-state index in [0.717, 1.165) is 10.6 Å². The van der Waals surface area contributed by atoms with E-state index in [1.807, 2.05) is 49.4 Å². The van der Waals surface area contributed by atoms with Crippen LogP contribution in [-0.4, -0.2) is 5.11 Å². The second-order valence-corrected chi connectivity index (χ2v) is 5.16. The van der Waals surface area contributed by atoms with Crippen molar-refractivity contribution in [2.45, 2.75) is 25.9 Å². The zero-order valence-electron chi connectivity index (χ0n) is 11.1. The van der Waals surface area contributed by atoms with E-state index < -0.39 is 0 Å². The number of para-hydroxylation sites is 1. The van der Waals surface area contributed by atoms with E-state index in [4.69, 9.17) is 11.6 Å². The maximum atomic E-state index is 9.84. The first kappa shape index (κ1) is 13.9. The molecular weight excluding hydrogens is 258 g/mol. The minimum atomic E-state index is 0.0758. The van der Waals surface area contributed by atoms with Crippen molar-refractivity contribution in [3.63, 3.8) is 0 Å². The molecule has 2 aromatic rings. The molecule has 0 aliphatic rings. The zero-order chi connectivity index (χ0) is 13.8. The van der Waals surface area contributed by atoms with Gasteiger partial charge in [-0.05, 0) is 37.6 Å². The van der Waals surface area contributed by atoms with Crippen molar-refractivity contribution in [3.05, 3.63) is 64.7 Å². The van der Waals surface area contributed by atoms with Crippen molar-refractivity contribution in [2.24, 2.45) is 0 Å². The van der Waals surface area contributed by atoms with E-state index in [-0.39, 0.29) is 12.1 Å². The van der Waals surface area contributed by atoms with Gasteiger partial charge >= 0.3 is 0 Å². The number of phenolic OH excluding ortho intramolecular Hbond substituents is 1. The molecule has 2 aromatic carbocycles. The van der Waals surface area contributed by atoms with Crippen LogP contribution in [0, 0.1) is 0 Å². The van der Waals surface area contributed by atoms with Gasteiger partial charge in [-0.2, -0.15) is 0 Å². The fourth-order valence-corrected chi connectivity index (χ4v) is 2.29. The Hall–Kier alpha value is -1.51. The summed E-state index contributed by atoms with van der Waals surface area (Å²) < 4.78 is 0. The van der Waals surface area contributed by atoms with Gasteiger partial charge in [-0.3, -0.25) is 0 Å². The van der Waals surface area contributed by atoms with E-state index in [2.05, 4.69) is 12.2 Å². The Morgan fingerprint density at radius 1 is 0.947 bits per heavy atom. The lowest BCUT2D eigenvalue weighted by molar-refractivity contribution is 0.438. The Morgan fingerprint density at radius 2 is 1.58 bits per heavy atom. The Morgan fingerprint density at radius 3 is 2.21 bits per heavy atom. The molecule has 0 aliphatic heterocycles. The molecule has 100 valence electrons. The lowest BCUT2D eigenvalue weighted by Crippen LogP contribution is -2.22. The Labute approximate surface area is 119 Å². The largest absolute Gasteiger partial charge is 0.508 e. The molecule has 0 aromatic heterocycles. The number of benzene rings is 2. The highest BCUT2D eigenvalue weighted by atomic mass is 35.5. The van der Waals surface area contributed by atoms with Crippen LogP contribution in [0.3, 0.4) is 0 Å². The molecule has 0 bridgehead atoms. The highest BCUT2D eigenvalue weighted by Crippen LogP contribution is 2.26. The number of phenols is 1. The van der Waals surface area contributed by atoms with Crippen LogP contribution in [0.4, 0.5) is 0 Å². The molecule has 0 saturated heterocycles. The molecule has 0 saturated carbocycles. The molecule has 0 aliphatic carbocycles. The van der Waals surface area contributed by atoms with Gasteiger partial charge in [-0.15, -0.1) is 0 Å². The molecule has 0 fully saturated rings. The first-order chi connectivity index (χ1) is 9.08. The van der Waals surface area contributed by atoms with Gasteiger partial charge in [-0.1, -0.05) is 41.9 Å². The number of halogens is 1. The molecule has 2 nitrogen and oxygen atoms in total. The van der Waals surface area contributed by atoms with Crippen LogP contribution in [0.5, 0.6) is 5.75 Å². The van der Waals surface area contributed by atoms with Crippen molar-refractivity contribution in [3.8, 4) is 5.75 Å². The molecule has 2 N–H and O–H groups in total. The maximum Gasteiger partial charge on any atom is 0.120 e. The third-order valence-corrected chi connectivity index (χ3v) is 3.53. The van der Waals surface area contributed by atoms with Crippen molar-refractivity contribution < 1.29 is 5.11 Å². The topological polar surface area (TPSA) is 32.3 Å². The Kier molecular flexibility index (Phi) is 4.46. The third kappa shape index (κ3) is 3.49. The lowest BCUT2D eigenvalue weighted by Gasteiger charge is -2.21. The fraction of sp³-hybridized carbons (Fsp3) is 0.250. The van der Waals surface area contributed by atoms with Gasteiger partial charge in [-0.25, -0.2) is 0 Å². The first-order valence-electron chi connectivity index (χ1n) is 6.37. The molecule has 1 unspecified atom stereocenters. The molecule has 0 radical (unpaired) electrons. The summed E-state index contributed by atoms with van der Waals surface area (Å²) >= 11 is 5.89. The summed E-state index contributed by atoms with van der Waals surface area (Å²) in [5.74, 6) is 0.325. The zero-order valence-corrected chi connectivity index (χ0v) is 11.9. The van der Waals surface area contributed by atoms with Crippen LogP contribution in [0.25, 0.3) is 0 Å². The van der Waals surface area contributed by atoms with Gasteiger partial charge in [0.05, 0.1) is 0 Å². The summed E-state index contributed by atoms with van der Waals surface area (Å²) in [5.41, 5.74) is 2.08. The fourth-order valence-electron chi connectivity index (χ4n) is 2.17.